The standard InChI is InChI=1S/C9H8N2O2/c1-6-7(2)9(11(12)13)4-3-8(6)5-10/h3-4H,1-2H3. The Balaban J connectivity index is 3.42. The Bertz CT molecular complexity index is 405. The number of nitriles is 1. The van der Waals surface area contributed by atoms with Gasteiger partial charge in [-0.1, -0.05) is 0 Å². The molecule has 0 aromatic heterocycles. The van der Waals surface area contributed by atoms with Crippen LogP contribution in [0.2, 0.25) is 0 Å². The molecule has 0 N–H and O–H groups in total. The van der Waals surface area contributed by atoms with Crippen LogP contribution < -0.4 is 0 Å². The van der Waals surface area contributed by atoms with E-state index in [0.29, 0.717) is 16.7 Å². The first-order chi connectivity index (χ1) is 6.07. The molecular formula is C9H8N2O2. The summed E-state index contributed by atoms with van der Waals surface area (Å²) >= 11 is 0. The van der Waals surface area contributed by atoms with Crippen LogP contribution in [-0.4, -0.2) is 4.92 Å². The van der Waals surface area contributed by atoms with E-state index in [-0.39, 0.29) is 5.69 Å². The fraction of sp³-hybridized carbons (Fsp3) is 0.222. The van der Waals surface area contributed by atoms with Crippen molar-refractivity contribution < 1.29 is 4.92 Å². The number of rotatable bonds is 1. The lowest BCUT2D eigenvalue weighted by Gasteiger charge is -2.02. The largest absolute Gasteiger partial charge is 0.272 e. The molecule has 4 nitrogen and oxygen atoms in total. The number of nitro groups is 1. The number of hydrogen-bond acceptors (Lipinski definition) is 3. The molecule has 0 amide bonds. The fourth-order valence-electron chi connectivity index (χ4n) is 1.13. The molecule has 13 heavy (non-hydrogen) atoms. The van der Waals surface area contributed by atoms with E-state index in [1.807, 2.05) is 6.07 Å². The molecular weight excluding hydrogens is 168 g/mol. The number of benzene rings is 1. The minimum absolute atomic E-state index is 0.0662. The van der Waals surface area contributed by atoms with E-state index < -0.39 is 4.92 Å². The van der Waals surface area contributed by atoms with Gasteiger partial charge in [0.15, 0.2) is 0 Å². The van der Waals surface area contributed by atoms with E-state index in [1.54, 1.807) is 13.8 Å². The third-order valence-electron chi connectivity index (χ3n) is 2.08. The molecule has 0 unspecified atom stereocenters. The van der Waals surface area contributed by atoms with E-state index in [0.717, 1.165) is 0 Å². The van der Waals surface area contributed by atoms with Gasteiger partial charge in [0.05, 0.1) is 16.6 Å². The van der Waals surface area contributed by atoms with Gasteiger partial charge in [0, 0.05) is 11.6 Å². The van der Waals surface area contributed by atoms with Gasteiger partial charge in [-0.3, -0.25) is 10.1 Å². The maximum atomic E-state index is 10.5. The molecule has 0 fully saturated rings. The lowest BCUT2D eigenvalue weighted by molar-refractivity contribution is -0.385. The molecule has 0 radical (unpaired) electrons. The van der Waals surface area contributed by atoms with Gasteiger partial charge in [0.25, 0.3) is 5.69 Å². The summed E-state index contributed by atoms with van der Waals surface area (Å²) in [6.07, 6.45) is 0. The smallest absolute Gasteiger partial charge is 0.258 e. The topological polar surface area (TPSA) is 66.9 Å². The van der Waals surface area contributed by atoms with Crippen molar-refractivity contribution in [3.05, 3.63) is 38.9 Å². The molecule has 0 bridgehead atoms. The van der Waals surface area contributed by atoms with Crippen molar-refractivity contribution in [1.82, 2.24) is 0 Å². The van der Waals surface area contributed by atoms with Gasteiger partial charge < -0.3 is 0 Å². The van der Waals surface area contributed by atoms with Gasteiger partial charge in [0.1, 0.15) is 0 Å². The van der Waals surface area contributed by atoms with Crippen LogP contribution in [0.3, 0.4) is 0 Å². The van der Waals surface area contributed by atoms with Crippen LogP contribution in [-0.2, 0) is 0 Å². The average Bonchev–Trinajstić information content (AvgIpc) is 2.09. The zero-order valence-electron chi connectivity index (χ0n) is 7.37. The summed E-state index contributed by atoms with van der Waals surface area (Å²) in [5.74, 6) is 0. The van der Waals surface area contributed by atoms with Crippen molar-refractivity contribution in [2.75, 3.05) is 0 Å². The molecule has 0 saturated carbocycles. The normalized spacial score (nSPS) is 9.31. The Morgan fingerprint density at radius 2 is 2.00 bits per heavy atom. The summed E-state index contributed by atoms with van der Waals surface area (Å²) in [6, 6.07) is 4.81. The van der Waals surface area contributed by atoms with Crippen molar-refractivity contribution in [3.63, 3.8) is 0 Å². The molecule has 0 heterocycles. The van der Waals surface area contributed by atoms with E-state index >= 15 is 0 Å². The van der Waals surface area contributed by atoms with Crippen LogP contribution in [0.1, 0.15) is 16.7 Å². The zero-order chi connectivity index (χ0) is 10.0. The summed E-state index contributed by atoms with van der Waals surface area (Å²) in [4.78, 5) is 10.1. The first-order valence-corrected chi connectivity index (χ1v) is 3.72. The second-order valence-electron chi connectivity index (χ2n) is 2.75. The van der Waals surface area contributed by atoms with E-state index in [4.69, 9.17) is 5.26 Å². The average molecular weight is 176 g/mol. The van der Waals surface area contributed by atoms with Gasteiger partial charge in [-0.2, -0.15) is 5.26 Å². The third-order valence-corrected chi connectivity index (χ3v) is 2.08. The van der Waals surface area contributed by atoms with E-state index in [9.17, 15) is 10.1 Å². The van der Waals surface area contributed by atoms with Crippen molar-refractivity contribution in [2.24, 2.45) is 0 Å². The van der Waals surface area contributed by atoms with Gasteiger partial charge >= 0.3 is 0 Å². The summed E-state index contributed by atoms with van der Waals surface area (Å²) in [5, 5.41) is 19.1. The van der Waals surface area contributed by atoms with Crippen LogP contribution in [0.25, 0.3) is 0 Å². The van der Waals surface area contributed by atoms with Crippen LogP contribution in [0, 0.1) is 35.3 Å². The minimum Gasteiger partial charge on any atom is -0.258 e. The first kappa shape index (κ1) is 9.20. The minimum atomic E-state index is -0.441. The Morgan fingerprint density at radius 1 is 1.38 bits per heavy atom. The van der Waals surface area contributed by atoms with Gasteiger partial charge in [-0.25, -0.2) is 0 Å². The summed E-state index contributed by atoms with van der Waals surface area (Å²) in [7, 11) is 0. The second kappa shape index (κ2) is 3.23. The summed E-state index contributed by atoms with van der Waals surface area (Å²) < 4.78 is 0. The van der Waals surface area contributed by atoms with Gasteiger partial charge in [-0.15, -0.1) is 0 Å². The highest BCUT2D eigenvalue weighted by atomic mass is 16.6. The SMILES string of the molecule is Cc1c(C#N)ccc([N+](=O)[O-])c1C. The zero-order valence-corrected chi connectivity index (χ0v) is 7.37. The molecule has 1 rings (SSSR count). The summed E-state index contributed by atoms with van der Waals surface area (Å²) in [5.41, 5.74) is 1.79. The highest BCUT2D eigenvalue weighted by molar-refractivity contribution is 5.51. The van der Waals surface area contributed by atoms with Crippen molar-refractivity contribution in [3.8, 4) is 6.07 Å². The van der Waals surface area contributed by atoms with Crippen LogP contribution >= 0.6 is 0 Å². The molecule has 4 heteroatoms. The van der Waals surface area contributed by atoms with Crippen molar-refractivity contribution in [2.45, 2.75) is 13.8 Å². The molecule has 0 atom stereocenters. The predicted octanol–water partition coefficient (Wildman–Crippen LogP) is 2.08. The quantitative estimate of drug-likeness (QED) is 0.486. The highest BCUT2D eigenvalue weighted by Gasteiger charge is 2.13. The number of nitro benzene ring substituents is 1. The van der Waals surface area contributed by atoms with E-state index in [2.05, 4.69) is 0 Å². The highest BCUT2D eigenvalue weighted by Crippen LogP contribution is 2.23. The van der Waals surface area contributed by atoms with Gasteiger partial charge in [-0.05, 0) is 25.5 Å². The van der Waals surface area contributed by atoms with Crippen LogP contribution in [0.15, 0.2) is 12.1 Å². The lowest BCUT2D eigenvalue weighted by atomic mass is 10.0. The van der Waals surface area contributed by atoms with Gasteiger partial charge in [0.2, 0.25) is 0 Å². The molecule has 0 aliphatic carbocycles. The Labute approximate surface area is 75.6 Å². The van der Waals surface area contributed by atoms with E-state index in [1.165, 1.54) is 12.1 Å². The first-order valence-electron chi connectivity index (χ1n) is 3.72. The lowest BCUT2D eigenvalue weighted by Crippen LogP contribution is -1.95. The molecule has 0 aliphatic rings. The fourth-order valence-corrected chi connectivity index (χ4v) is 1.13. The number of hydrogen-bond donors (Lipinski definition) is 0. The molecule has 0 spiro atoms. The maximum Gasteiger partial charge on any atom is 0.272 e. The third kappa shape index (κ3) is 1.49. The molecule has 1 aromatic carbocycles. The number of nitrogens with zero attached hydrogens (tertiary/aromatic N) is 2. The molecule has 0 aliphatic heterocycles. The maximum absolute atomic E-state index is 10.5. The molecule has 66 valence electrons. The summed E-state index contributed by atoms with van der Waals surface area (Å²) in [6.45, 7) is 3.36. The monoisotopic (exact) mass is 176 g/mol. The van der Waals surface area contributed by atoms with Crippen molar-refractivity contribution >= 4 is 5.69 Å². The van der Waals surface area contributed by atoms with Crippen LogP contribution in [0.4, 0.5) is 5.69 Å². The molecule has 0 saturated heterocycles. The van der Waals surface area contributed by atoms with Crippen LogP contribution in [0.5, 0.6) is 0 Å². The Morgan fingerprint density at radius 3 is 2.46 bits per heavy atom. The molecule has 1 aromatic rings. The predicted molar refractivity (Wildman–Crippen MR) is 47.3 cm³/mol. The second-order valence-corrected chi connectivity index (χ2v) is 2.75. The van der Waals surface area contributed by atoms with Crippen molar-refractivity contribution in [1.29, 1.82) is 5.26 Å². The Kier molecular flexibility index (Phi) is 2.29. The Hall–Kier alpha value is -1.89.